The van der Waals surface area contributed by atoms with E-state index < -0.39 is 0 Å². The number of rotatable bonds is 7. The molecule has 4 heteroatoms. The quantitative estimate of drug-likeness (QED) is 0.788. The summed E-state index contributed by atoms with van der Waals surface area (Å²) in [6.07, 6.45) is 5.84. The van der Waals surface area contributed by atoms with Gasteiger partial charge in [-0.15, -0.1) is 0 Å². The number of likely N-dealkylation sites (tertiary alicyclic amines) is 1. The van der Waals surface area contributed by atoms with E-state index in [1.54, 1.807) is 7.11 Å². The first-order chi connectivity index (χ1) is 10.7. The normalized spacial score (nSPS) is 17.8. The first kappa shape index (κ1) is 16.8. The number of methoxy groups -OCH3 is 1. The van der Waals surface area contributed by atoms with Crippen LogP contribution >= 0.6 is 0 Å². The van der Waals surface area contributed by atoms with E-state index in [9.17, 15) is 4.79 Å². The topological polar surface area (TPSA) is 55.6 Å². The van der Waals surface area contributed by atoms with Crippen LogP contribution in [0.5, 0.6) is 5.75 Å². The first-order valence-electron chi connectivity index (χ1n) is 8.30. The van der Waals surface area contributed by atoms with E-state index in [0.29, 0.717) is 17.2 Å². The molecule has 1 aliphatic rings. The summed E-state index contributed by atoms with van der Waals surface area (Å²) >= 11 is 0. The van der Waals surface area contributed by atoms with E-state index >= 15 is 0 Å². The lowest BCUT2D eigenvalue weighted by atomic mass is 10.0. The number of benzene rings is 1. The van der Waals surface area contributed by atoms with Crippen molar-refractivity contribution in [2.45, 2.75) is 39.0 Å². The van der Waals surface area contributed by atoms with Crippen molar-refractivity contribution in [1.29, 1.82) is 0 Å². The second-order valence-electron chi connectivity index (χ2n) is 6.20. The number of hydrogen-bond donors (Lipinski definition) is 1. The van der Waals surface area contributed by atoms with E-state index in [0.717, 1.165) is 38.0 Å². The Labute approximate surface area is 133 Å². The number of unbranched alkanes of at least 4 members (excludes halogenated alkanes) is 2. The van der Waals surface area contributed by atoms with Gasteiger partial charge in [-0.2, -0.15) is 0 Å². The number of carbonyl (C=O) groups is 1. The van der Waals surface area contributed by atoms with Crippen molar-refractivity contribution in [1.82, 2.24) is 4.90 Å². The van der Waals surface area contributed by atoms with Gasteiger partial charge in [-0.3, -0.25) is 4.79 Å². The average Bonchev–Trinajstić information content (AvgIpc) is 2.99. The summed E-state index contributed by atoms with van der Waals surface area (Å²) in [6, 6.07) is 5.76. The summed E-state index contributed by atoms with van der Waals surface area (Å²) in [4.78, 5) is 14.8. The van der Waals surface area contributed by atoms with Crippen LogP contribution in [0.1, 0.15) is 48.0 Å². The monoisotopic (exact) mass is 304 g/mol. The zero-order valence-electron chi connectivity index (χ0n) is 13.8. The summed E-state index contributed by atoms with van der Waals surface area (Å²) in [6.45, 7) is 4.48. The number of nitrogens with two attached hydrogens (primary N) is 1. The number of nitrogens with zero attached hydrogens (tertiary/aromatic N) is 1. The van der Waals surface area contributed by atoms with Gasteiger partial charge in [0.1, 0.15) is 5.75 Å². The molecule has 2 rings (SSSR count). The standard InChI is InChI=1S/C18H28N2O2/c1-14-7-6-9-16(22-2)17(14)18(21)20-12-10-15(13-20)8-4-3-5-11-19/h6-7,9,15H,3-5,8,10-13,19H2,1-2H3. The molecule has 1 amide bonds. The predicted molar refractivity (Wildman–Crippen MR) is 89.3 cm³/mol. The van der Waals surface area contributed by atoms with Crippen LogP contribution in [0.3, 0.4) is 0 Å². The largest absolute Gasteiger partial charge is 0.496 e. The number of hydrogen-bond acceptors (Lipinski definition) is 3. The van der Waals surface area contributed by atoms with Crippen LogP contribution in [-0.4, -0.2) is 37.6 Å². The van der Waals surface area contributed by atoms with Crippen LogP contribution in [-0.2, 0) is 0 Å². The van der Waals surface area contributed by atoms with Gasteiger partial charge in [0, 0.05) is 13.1 Å². The van der Waals surface area contributed by atoms with Crippen LogP contribution < -0.4 is 10.5 Å². The lowest BCUT2D eigenvalue weighted by molar-refractivity contribution is 0.0782. The van der Waals surface area contributed by atoms with Gasteiger partial charge in [0.15, 0.2) is 0 Å². The molecule has 1 aliphatic heterocycles. The molecule has 0 saturated carbocycles. The Hall–Kier alpha value is -1.55. The number of amides is 1. The van der Waals surface area contributed by atoms with Gasteiger partial charge < -0.3 is 15.4 Å². The first-order valence-corrected chi connectivity index (χ1v) is 8.30. The van der Waals surface area contributed by atoms with Crippen LogP contribution in [0.25, 0.3) is 0 Å². The van der Waals surface area contributed by atoms with E-state index in [1.165, 1.54) is 19.3 Å². The third kappa shape index (κ3) is 4.01. The maximum Gasteiger partial charge on any atom is 0.257 e. The Balaban J connectivity index is 1.95. The molecule has 0 aliphatic carbocycles. The molecule has 1 heterocycles. The Morgan fingerprint density at radius 2 is 2.18 bits per heavy atom. The zero-order valence-corrected chi connectivity index (χ0v) is 13.8. The number of aryl methyl sites for hydroxylation is 1. The maximum absolute atomic E-state index is 12.8. The molecule has 122 valence electrons. The highest BCUT2D eigenvalue weighted by molar-refractivity contribution is 5.98. The minimum absolute atomic E-state index is 0.111. The fourth-order valence-corrected chi connectivity index (χ4v) is 3.25. The van der Waals surface area contributed by atoms with E-state index in [1.807, 2.05) is 30.0 Å². The van der Waals surface area contributed by atoms with Crippen molar-refractivity contribution in [2.75, 3.05) is 26.7 Å². The number of ether oxygens (including phenoxy) is 1. The third-order valence-corrected chi connectivity index (χ3v) is 4.56. The van der Waals surface area contributed by atoms with E-state index in [4.69, 9.17) is 10.5 Å². The minimum Gasteiger partial charge on any atom is -0.496 e. The van der Waals surface area contributed by atoms with Gasteiger partial charge in [-0.1, -0.05) is 25.0 Å². The molecule has 1 aromatic rings. The Bertz CT molecular complexity index is 502. The molecule has 0 bridgehead atoms. The van der Waals surface area contributed by atoms with Gasteiger partial charge in [-0.25, -0.2) is 0 Å². The highest BCUT2D eigenvalue weighted by Gasteiger charge is 2.28. The Morgan fingerprint density at radius 3 is 2.91 bits per heavy atom. The minimum atomic E-state index is 0.111. The van der Waals surface area contributed by atoms with E-state index in [-0.39, 0.29) is 5.91 Å². The summed E-state index contributed by atoms with van der Waals surface area (Å²) in [5, 5.41) is 0. The third-order valence-electron chi connectivity index (χ3n) is 4.56. The van der Waals surface area contributed by atoms with Crippen LogP contribution in [0.2, 0.25) is 0 Å². The van der Waals surface area contributed by atoms with Crippen molar-refractivity contribution in [3.05, 3.63) is 29.3 Å². The summed E-state index contributed by atoms with van der Waals surface area (Å²) < 4.78 is 5.37. The van der Waals surface area contributed by atoms with Gasteiger partial charge in [0.2, 0.25) is 0 Å². The average molecular weight is 304 g/mol. The van der Waals surface area contributed by atoms with Crippen LogP contribution in [0.15, 0.2) is 18.2 Å². The highest BCUT2D eigenvalue weighted by Crippen LogP contribution is 2.28. The molecule has 1 aromatic carbocycles. The molecular weight excluding hydrogens is 276 g/mol. The van der Waals surface area contributed by atoms with Crippen LogP contribution in [0.4, 0.5) is 0 Å². The molecule has 1 fully saturated rings. The smallest absolute Gasteiger partial charge is 0.257 e. The number of carbonyl (C=O) groups excluding carboxylic acids is 1. The lowest BCUT2D eigenvalue weighted by Gasteiger charge is -2.19. The van der Waals surface area contributed by atoms with Crippen molar-refractivity contribution >= 4 is 5.91 Å². The molecule has 1 atom stereocenters. The summed E-state index contributed by atoms with van der Waals surface area (Å²) in [5.41, 5.74) is 7.22. The fourth-order valence-electron chi connectivity index (χ4n) is 3.25. The van der Waals surface area contributed by atoms with Crippen molar-refractivity contribution in [2.24, 2.45) is 11.7 Å². The molecule has 0 radical (unpaired) electrons. The van der Waals surface area contributed by atoms with Crippen LogP contribution in [0, 0.1) is 12.8 Å². The second kappa shape index (κ2) is 8.18. The Kier molecular flexibility index (Phi) is 6.25. The molecule has 22 heavy (non-hydrogen) atoms. The van der Waals surface area contributed by atoms with Crippen molar-refractivity contribution in [3.8, 4) is 5.75 Å². The molecule has 4 nitrogen and oxygen atoms in total. The summed E-state index contributed by atoms with van der Waals surface area (Å²) in [5.74, 6) is 1.42. The molecule has 1 unspecified atom stereocenters. The SMILES string of the molecule is COc1cccc(C)c1C(=O)N1CCC(CCCCCN)C1. The maximum atomic E-state index is 12.8. The lowest BCUT2D eigenvalue weighted by Crippen LogP contribution is -2.29. The summed E-state index contributed by atoms with van der Waals surface area (Å²) in [7, 11) is 1.62. The molecule has 0 aromatic heterocycles. The van der Waals surface area contributed by atoms with Crippen molar-refractivity contribution in [3.63, 3.8) is 0 Å². The van der Waals surface area contributed by atoms with Gasteiger partial charge in [-0.05, 0) is 50.3 Å². The Morgan fingerprint density at radius 1 is 1.36 bits per heavy atom. The fraction of sp³-hybridized carbons (Fsp3) is 0.611. The zero-order chi connectivity index (χ0) is 15.9. The van der Waals surface area contributed by atoms with E-state index in [2.05, 4.69) is 0 Å². The highest BCUT2D eigenvalue weighted by atomic mass is 16.5. The molecular formula is C18H28N2O2. The van der Waals surface area contributed by atoms with Gasteiger partial charge >= 0.3 is 0 Å². The molecule has 1 saturated heterocycles. The predicted octanol–water partition coefficient (Wildman–Crippen LogP) is 2.98. The van der Waals surface area contributed by atoms with Gasteiger partial charge in [0.05, 0.1) is 12.7 Å². The molecule has 0 spiro atoms. The van der Waals surface area contributed by atoms with Crippen molar-refractivity contribution < 1.29 is 9.53 Å². The molecule has 2 N–H and O–H groups in total. The second-order valence-corrected chi connectivity index (χ2v) is 6.20. The van der Waals surface area contributed by atoms with Gasteiger partial charge in [0.25, 0.3) is 5.91 Å².